The summed E-state index contributed by atoms with van der Waals surface area (Å²) in [4.78, 5) is 12.9. The van der Waals surface area contributed by atoms with Crippen LogP contribution in [0.2, 0.25) is 0 Å². The second-order valence-corrected chi connectivity index (χ2v) is 10.1. The largest absolute Gasteiger partial charge is 0.411 e. The van der Waals surface area contributed by atoms with Crippen molar-refractivity contribution in [2.45, 2.75) is 61.5 Å². The third-order valence-corrected chi connectivity index (χ3v) is 7.52. The molecule has 0 unspecified atom stereocenters. The Labute approximate surface area is 167 Å². The average molecular weight is 402 g/mol. The highest BCUT2D eigenvalue weighted by Crippen LogP contribution is 2.55. The molecule has 1 aromatic heterocycles. The number of carbonyl (C=O) groups excluding carboxylic acids is 1. The number of amides is 1. The van der Waals surface area contributed by atoms with Crippen LogP contribution in [0, 0.1) is 23.6 Å². The van der Waals surface area contributed by atoms with E-state index in [0.29, 0.717) is 0 Å². The van der Waals surface area contributed by atoms with Gasteiger partial charge in [0, 0.05) is 5.54 Å². The van der Waals surface area contributed by atoms with Gasteiger partial charge in [0.25, 0.3) is 11.1 Å². The van der Waals surface area contributed by atoms with Gasteiger partial charge in [-0.25, -0.2) is 4.39 Å². The summed E-state index contributed by atoms with van der Waals surface area (Å²) >= 11 is 1.23. The Morgan fingerprint density at radius 2 is 1.82 bits per heavy atom. The van der Waals surface area contributed by atoms with Crippen LogP contribution in [0.4, 0.5) is 4.39 Å². The molecule has 0 aliphatic heterocycles. The minimum atomic E-state index is -0.407. The summed E-state index contributed by atoms with van der Waals surface area (Å²) in [7, 11) is 0. The number of benzene rings is 1. The maximum absolute atomic E-state index is 13.9. The molecule has 1 heterocycles. The Morgan fingerprint density at radius 1 is 1.18 bits per heavy atom. The van der Waals surface area contributed by atoms with Crippen LogP contribution >= 0.6 is 11.8 Å². The van der Waals surface area contributed by atoms with E-state index in [9.17, 15) is 9.18 Å². The molecule has 4 bridgehead atoms. The monoisotopic (exact) mass is 401 g/mol. The Balaban J connectivity index is 1.24. The third kappa shape index (κ3) is 3.34. The van der Waals surface area contributed by atoms with Crippen molar-refractivity contribution in [3.05, 3.63) is 30.1 Å². The van der Waals surface area contributed by atoms with Crippen molar-refractivity contribution in [2.75, 3.05) is 0 Å². The summed E-state index contributed by atoms with van der Waals surface area (Å²) in [6.45, 7) is 1.85. The lowest BCUT2D eigenvalue weighted by Crippen LogP contribution is -2.60. The molecule has 2 aromatic rings. The first-order valence-corrected chi connectivity index (χ1v) is 10.9. The number of hydrogen-bond acceptors (Lipinski definition) is 5. The first kappa shape index (κ1) is 18.2. The fourth-order valence-electron chi connectivity index (χ4n) is 5.83. The second kappa shape index (κ2) is 6.87. The zero-order valence-electron chi connectivity index (χ0n) is 15.9. The van der Waals surface area contributed by atoms with E-state index < -0.39 is 5.82 Å². The van der Waals surface area contributed by atoms with E-state index in [1.807, 2.05) is 6.92 Å². The van der Waals surface area contributed by atoms with E-state index in [-0.39, 0.29) is 33.4 Å². The lowest BCUT2D eigenvalue weighted by Gasteiger charge is -2.57. The van der Waals surface area contributed by atoms with Crippen LogP contribution in [-0.4, -0.2) is 26.9 Å². The minimum absolute atomic E-state index is 0.00613. The van der Waals surface area contributed by atoms with Crippen LogP contribution in [0.15, 0.2) is 33.9 Å². The summed E-state index contributed by atoms with van der Waals surface area (Å²) in [6.07, 6.45) is 7.42. The van der Waals surface area contributed by atoms with Crippen molar-refractivity contribution < 1.29 is 13.6 Å². The minimum Gasteiger partial charge on any atom is -0.411 e. The second-order valence-electron chi connectivity index (χ2n) is 8.80. The Bertz CT molecular complexity index is 864. The van der Waals surface area contributed by atoms with Gasteiger partial charge in [-0.2, -0.15) is 0 Å². The van der Waals surface area contributed by atoms with Gasteiger partial charge < -0.3 is 9.73 Å². The Kier molecular flexibility index (Phi) is 4.45. The molecular formula is C21H24FN3O2S. The van der Waals surface area contributed by atoms with Gasteiger partial charge in [-0.05, 0) is 75.3 Å². The number of nitrogens with zero attached hydrogens (tertiary/aromatic N) is 2. The molecule has 148 valence electrons. The van der Waals surface area contributed by atoms with Crippen LogP contribution < -0.4 is 5.32 Å². The summed E-state index contributed by atoms with van der Waals surface area (Å²) < 4.78 is 19.5. The zero-order chi connectivity index (χ0) is 19.3. The van der Waals surface area contributed by atoms with E-state index in [1.165, 1.54) is 37.1 Å². The number of hydrogen-bond donors (Lipinski definition) is 1. The Hall–Kier alpha value is -1.89. The Morgan fingerprint density at radius 3 is 2.46 bits per heavy atom. The molecule has 7 heteroatoms. The highest BCUT2D eigenvalue weighted by atomic mass is 32.2. The van der Waals surface area contributed by atoms with Crippen LogP contribution in [0.1, 0.15) is 45.4 Å². The topological polar surface area (TPSA) is 68.0 Å². The van der Waals surface area contributed by atoms with Gasteiger partial charge in [0.2, 0.25) is 5.91 Å². The SMILES string of the molecule is C[C@H](Sc1nnc(-c2ccccc2F)o1)C(=O)NC12CC3CC(CC(C3)C1)C2. The number of carbonyl (C=O) groups is 1. The van der Waals surface area contributed by atoms with Crippen LogP contribution in [-0.2, 0) is 4.79 Å². The van der Waals surface area contributed by atoms with E-state index in [0.717, 1.165) is 37.0 Å². The van der Waals surface area contributed by atoms with Crippen molar-refractivity contribution >= 4 is 17.7 Å². The van der Waals surface area contributed by atoms with Crippen molar-refractivity contribution in [1.29, 1.82) is 0 Å². The quantitative estimate of drug-likeness (QED) is 0.750. The number of aromatic nitrogens is 2. The van der Waals surface area contributed by atoms with E-state index in [2.05, 4.69) is 15.5 Å². The van der Waals surface area contributed by atoms with Gasteiger partial charge in [-0.3, -0.25) is 4.79 Å². The molecule has 5 nitrogen and oxygen atoms in total. The maximum Gasteiger partial charge on any atom is 0.277 e. The fourth-order valence-corrected chi connectivity index (χ4v) is 6.52. The first-order chi connectivity index (χ1) is 13.5. The molecule has 0 spiro atoms. The zero-order valence-corrected chi connectivity index (χ0v) is 16.7. The van der Waals surface area contributed by atoms with Crippen LogP contribution in [0.25, 0.3) is 11.5 Å². The molecule has 4 aliphatic rings. The molecule has 4 saturated carbocycles. The smallest absolute Gasteiger partial charge is 0.277 e. The summed E-state index contributed by atoms with van der Waals surface area (Å²) in [5.74, 6) is 2.11. The number of nitrogens with one attached hydrogen (secondary N) is 1. The number of halogens is 1. The van der Waals surface area contributed by atoms with Gasteiger partial charge >= 0.3 is 0 Å². The van der Waals surface area contributed by atoms with Crippen molar-refractivity contribution in [2.24, 2.45) is 17.8 Å². The molecule has 4 fully saturated rings. The highest BCUT2D eigenvalue weighted by Gasteiger charge is 2.51. The molecule has 28 heavy (non-hydrogen) atoms. The molecule has 1 N–H and O–H groups in total. The third-order valence-electron chi connectivity index (χ3n) is 6.58. The normalized spacial score (nSPS) is 31.7. The molecular weight excluding hydrogens is 377 g/mol. The van der Waals surface area contributed by atoms with Crippen molar-refractivity contribution in [3.8, 4) is 11.5 Å². The van der Waals surface area contributed by atoms with Gasteiger partial charge in [-0.1, -0.05) is 23.9 Å². The molecule has 1 aromatic carbocycles. The van der Waals surface area contributed by atoms with Gasteiger partial charge in [-0.15, -0.1) is 10.2 Å². The standard InChI is InChI=1S/C21H24FN3O2S/c1-12(28-20-25-24-19(27-20)16-4-2-3-5-17(16)22)18(26)23-21-9-13-6-14(10-21)8-15(7-13)11-21/h2-5,12-15H,6-11H2,1H3,(H,23,26)/t12-,13?,14?,15?,21?/m0/s1. The highest BCUT2D eigenvalue weighted by molar-refractivity contribution is 8.00. The molecule has 6 rings (SSSR count). The van der Waals surface area contributed by atoms with Crippen LogP contribution in [0.5, 0.6) is 0 Å². The van der Waals surface area contributed by atoms with Crippen molar-refractivity contribution in [3.63, 3.8) is 0 Å². The van der Waals surface area contributed by atoms with Gasteiger partial charge in [0.15, 0.2) is 0 Å². The molecule has 1 amide bonds. The summed E-state index contributed by atoms with van der Waals surface area (Å²) in [5, 5.41) is 11.2. The van der Waals surface area contributed by atoms with Gasteiger partial charge in [0.1, 0.15) is 5.82 Å². The average Bonchev–Trinajstić information content (AvgIpc) is 3.08. The molecule has 0 saturated heterocycles. The predicted octanol–water partition coefficient (Wildman–Crippen LogP) is 4.44. The first-order valence-electron chi connectivity index (χ1n) is 10.1. The van der Waals surface area contributed by atoms with E-state index in [4.69, 9.17) is 4.42 Å². The summed E-state index contributed by atoms with van der Waals surface area (Å²) in [5.41, 5.74) is 0.265. The van der Waals surface area contributed by atoms with E-state index in [1.54, 1.807) is 18.2 Å². The van der Waals surface area contributed by atoms with Crippen LogP contribution in [0.3, 0.4) is 0 Å². The lowest BCUT2D eigenvalue weighted by molar-refractivity contribution is -0.126. The lowest BCUT2D eigenvalue weighted by atomic mass is 9.53. The molecule has 1 atom stereocenters. The van der Waals surface area contributed by atoms with Gasteiger partial charge in [0.05, 0.1) is 10.8 Å². The maximum atomic E-state index is 13.9. The van der Waals surface area contributed by atoms with E-state index >= 15 is 0 Å². The molecule has 4 aliphatic carbocycles. The predicted molar refractivity (Wildman–Crippen MR) is 104 cm³/mol. The number of thioether (sulfide) groups is 1. The fraction of sp³-hybridized carbons (Fsp3) is 0.571. The van der Waals surface area contributed by atoms with Crippen molar-refractivity contribution in [1.82, 2.24) is 15.5 Å². The number of rotatable bonds is 5. The summed E-state index contributed by atoms with van der Waals surface area (Å²) in [6, 6.07) is 6.28. The molecule has 0 radical (unpaired) electrons.